The molecule has 4 aromatic rings. The van der Waals surface area contributed by atoms with Crippen LogP contribution < -0.4 is 10.1 Å². The third-order valence-electron chi connectivity index (χ3n) is 4.48. The number of carbonyl (C=O) groups excluding carboxylic acids is 1. The van der Waals surface area contributed by atoms with Gasteiger partial charge in [0.05, 0.1) is 18.4 Å². The van der Waals surface area contributed by atoms with E-state index in [-0.39, 0.29) is 5.91 Å². The van der Waals surface area contributed by atoms with Crippen molar-refractivity contribution in [2.75, 3.05) is 12.4 Å². The summed E-state index contributed by atoms with van der Waals surface area (Å²) in [4.78, 5) is 17.3. The molecule has 0 unspecified atom stereocenters. The average molecular weight is 384 g/mol. The Bertz CT molecular complexity index is 1150. The molecule has 0 radical (unpaired) electrons. The van der Waals surface area contributed by atoms with E-state index in [0.717, 1.165) is 16.8 Å². The highest BCUT2D eigenvalue weighted by atomic mass is 16.5. The van der Waals surface area contributed by atoms with Gasteiger partial charge in [0.1, 0.15) is 17.3 Å². The number of aryl methyl sites for hydroxylation is 1. The lowest BCUT2D eigenvalue weighted by Crippen LogP contribution is -2.13. The molecule has 2 aromatic heterocycles. The first kappa shape index (κ1) is 18.4. The fourth-order valence-corrected chi connectivity index (χ4v) is 3.02. The molecule has 4 rings (SSSR count). The number of anilines is 1. The molecule has 0 saturated carbocycles. The summed E-state index contributed by atoms with van der Waals surface area (Å²) in [5, 5.41) is 7.55. The van der Waals surface area contributed by atoms with Crippen molar-refractivity contribution in [1.82, 2.24) is 14.8 Å². The number of hydrogen-bond acceptors (Lipinski definition) is 4. The molecule has 0 aliphatic heterocycles. The normalized spacial score (nSPS) is 10.6. The van der Waals surface area contributed by atoms with Gasteiger partial charge < -0.3 is 10.1 Å². The van der Waals surface area contributed by atoms with E-state index in [1.54, 1.807) is 24.2 Å². The third kappa shape index (κ3) is 4.01. The van der Waals surface area contributed by atoms with Crippen LogP contribution in [0.15, 0.2) is 79.1 Å². The van der Waals surface area contributed by atoms with Crippen LogP contribution in [0.3, 0.4) is 0 Å². The molecule has 0 atom stereocenters. The molecule has 6 nitrogen and oxygen atoms in total. The Labute approximate surface area is 168 Å². The summed E-state index contributed by atoms with van der Waals surface area (Å²) in [6.07, 6.45) is 3.40. The average Bonchev–Trinajstić information content (AvgIpc) is 3.20. The Balaban J connectivity index is 1.78. The minimum absolute atomic E-state index is 0.275. The number of carbonyl (C=O) groups is 1. The Hall–Kier alpha value is -3.93. The number of aromatic nitrogens is 3. The largest absolute Gasteiger partial charge is 0.497 e. The standard InChI is InChI=1S/C23H20N4O2/c1-16-11-12-24-21(13-16)25-23(28)20-15-27(18-8-4-3-5-9-18)26-22(20)17-7-6-10-19(14-17)29-2/h3-15H,1-2H3,(H,24,25,28). The predicted octanol–water partition coefficient (Wildman–Crippen LogP) is 4.50. The second kappa shape index (κ2) is 7.98. The lowest BCUT2D eigenvalue weighted by atomic mass is 10.1. The first-order chi connectivity index (χ1) is 14.1. The third-order valence-corrected chi connectivity index (χ3v) is 4.48. The number of benzene rings is 2. The predicted molar refractivity (Wildman–Crippen MR) is 112 cm³/mol. The molecule has 0 aliphatic carbocycles. The fourth-order valence-electron chi connectivity index (χ4n) is 3.02. The van der Waals surface area contributed by atoms with Gasteiger partial charge in [0.15, 0.2) is 0 Å². The molecule has 6 heteroatoms. The topological polar surface area (TPSA) is 69.0 Å². The van der Waals surface area contributed by atoms with E-state index in [0.29, 0.717) is 22.8 Å². The molecule has 1 amide bonds. The Morgan fingerprint density at radius 1 is 1.03 bits per heavy atom. The molecule has 2 heterocycles. The SMILES string of the molecule is COc1cccc(-c2nn(-c3ccccc3)cc2C(=O)Nc2cc(C)ccn2)c1. The fraction of sp³-hybridized carbons (Fsp3) is 0.0870. The van der Waals surface area contributed by atoms with Gasteiger partial charge in [-0.05, 0) is 48.9 Å². The molecule has 29 heavy (non-hydrogen) atoms. The summed E-state index contributed by atoms with van der Waals surface area (Å²) in [7, 11) is 1.61. The van der Waals surface area contributed by atoms with Gasteiger partial charge in [-0.3, -0.25) is 4.79 Å². The van der Waals surface area contributed by atoms with Crippen LogP contribution in [0.4, 0.5) is 5.82 Å². The lowest BCUT2D eigenvalue weighted by molar-refractivity contribution is 0.102. The second-order valence-electron chi connectivity index (χ2n) is 6.58. The molecule has 0 bridgehead atoms. The number of amides is 1. The van der Waals surface area contributed by atoms with Gasteiger partial charge in [-0.1, -0.05) is 30.3 Å². The van der Waals surface area contributed by atoms with Crippen LogP contribution in [0.5, 0.6) is 5.75 Å². The molecule has 0 spiro atoms. The maximum atomic E-state index is 13.1. The van der Waals surface area contributed by atoms with Gasteiger partial charge >= 0.3 is 0 Å². The summed E-state index contributed by atoms with van der Waals surface area (Å²) >= 11 is 0. The number of nitrogens with zero attached hydrogens (tertiary/aromatic N) is 3. The van der Waals surface area contributed by atoms with Crippen LogP contribution in [0.25, 0.3) is 16.9 Å². The van der Waals surface area contributed by atoms with E-state index in [2.05, 4.69) is 15.4 Å². The van der Waals surface area contributed by atoms with Crippen LogP contribution in [-0.2, 0) is 0 Å². The van der Waals surface area contributed by atoms with Gasteiger partial charge in [0.2, 0.25) is 0 Å². The monoisotopic (exact) mass is 384 g/mol. The Kier molecular flexibility index (Phi) is 5.07. The van der Waals surface area contributed by atoms with Crippen molar-refractivity contribution >= 4 is 11.7 Å². The smallest absolute Gasteiger partial charge is 0.260 e. The number of pyridine rings is 1. The van der Waals surface area contributed by atoms with E-state index in [4.69, 9.17) is 4.74 Å². The molecule has 0 saturated heterocycles. The molecular weight excluding hydrogens is 364 g/mol. The van der Waals surface area contributed by atoms with Gasteiger partial charge in [0.25, 0.3) is 5.91 Å². The highest BCUT2D eigenvalue weighted by molar-refractivity contribution is 6.07. The van der Waals surface area contributed by atoms with E-state index in [1.165, 1.54) is 0 Å². The van der Waals surface area contributed by atoms with Crippen molar-refractivity contribution in [3.63, 3.8) is 0 Å². The minimum Gasteiger partial charge on any atom is -0.497 e. The van der Waals surface area contributed by atoms with Crippen molar-refractivity contribution in [2.45, 2.75) is 6.92 Å². The molecular formula is C23H20N4O2. The van der Waals surface area contributed by atoms with Gasteiger partial charge in [-0.15, -0.1) is 0 Å². The summed E-state index contributed by atoms with van der Waals surface area (Å²) in [6, 6.07) is 20.9. The van der Waals surface area contributed by atoms with Crippen molar-refractivity contribution in [3.05, 3.63) is 90.3 Å². The summed E-state index contributed by atoms with van der Waals surface area (Å²) in [5.41, 5.74) is 3.69. The highest BCUT2D eigenvalue weighted by Gasteiger charge is 2.19. The van der Waals surface area contributed by atoms with Crippen LogP contribution in [0.1, 0.15) is 15.9 Å². The zero-order valence-corrected chi connectivity index (χ0v) is 16.2. The Morgan fingerprint density at radius 2 is 1.86 bits per heavy atom. The maximum absolute atomic E-state index is 13.1. The van der Waals surface area contributed by atoms with Gasteiger partial charge in [0, 0.05) is 18.0 Å². The van der Waals surface area contributed by atoms with E-state index in [1.807, 2.05) is 73.7 Å². The first-order valence-electron chi connectivity index (χ1n) is 9.17. The number of rotatable bonds is 5. The van der Waals surface area contributed by atoms with Crippen molar-refractivity contribution in [3.8, 4) is 22.7 Å². The van der Waals surface area contributed by atoms with Crippen molar-refractivity contribution < 1.29 is 9.53 Å². The molecule has 144 valence electrons. The minimum atomic E-state index is -0.275. The van der Waals surface area contributed by atoms with Crippen molar-refractivity contribution in [2.24, 2.45) is 0 Å². The zero-order valence-electron chi connectivity index (χ0n) is 16.2. The number of nitrogens with one attached hydrogen (secondary N) is 1. The quantitative estimate of drug-likeness (QED) is 0.550. The van der Waals surface area contributed by atoms with Gasteiger partial charge in [-0.2, -0.15) is 5.10 Å². The number of para-hydroxylation sites is 1. The Morgan fingerprint density at radius 3 is 2.62 bits per heavy atom. The second-order valence-corrected chi connectivity index (χ2v) is 6.58. The first-order valence-corrected chi connectivity index (χ1v) is 9.17. The summed E-state index contributed by atoms with van der Waals surface area (Å²) in [5.74, 6) is 0.922. The van der Waals surface area contributed by atoms with Crippen LogP contribution in [0, 0.1) is 6.92 Å². The summed E-state index contributed by atoms with van der Waals surface area (Å²) < 4.78 is 7.03. The van der Waals surface area contributed by atoms with E-state index >= 15 is 0 Å². The van der Waals surface area contributed by atoms with Crippen molar-refractivity contribution in [1.29, 1.82) is 0 Å². The van der Waals surface area contributed by atoms with E-state index in [9.17, 15) is 4.79 Å². The lowest BCUT2D eigenvalue weighted by Gasteiger charge is -2.06. The number of hydrogen-bond donors (Lipinski definition) is 1. The molecule has 2 aromatic carbocycles. The summed E-state index contributed by atoms with van der Waals surface area (Å²) in [6.45, 7) is 1.95. The van der Waals surface area contributed by atoms with Crippen LogP contribution >= 0.6 is 0 Å². The number of ether oxygens (including phenoxy) is 1. The van der Waals surface area contributed by atoms with Crippen LogP contribution in [0.2, 0.25) is 0 Å². The molecule has 1 N–H and O–H groups in total. The zero-order chi connectivity index (χ0) is 20.2. The molecule has 0 aliphatic rings. The highest BCUT2D eigenvalue weighted by Crippen LogP contribution is 2.27. The molecule has 0 fully saturated rings. The maximum Gasteiger partial charge on any atom is 0.260 e. The van der Waals surface area contributed by atoms with Crippen LogP contribution in [-0.4, -0.2) is 27.8 Å². The van der Waals surface area contributed by atoms with Gasteiger partial charge in [-0.25, -0.2) is 9.67 Å². The van der Waals surface area contributed by atoms with E-state index < -0.39 is 0 Å². The number of methoxy groups -OCH3 is 1.